The standard InChI is InChI=1S/C11H19N3O2/c1-5-16-7-6-9-8(2)12-11(14(3)4)13-10(9)15/h5-7H2,1-4H3,(H,12,13,15). The molecule has 0 unspecified atom stereocenters. The van der Waals surface area contributed by atoms with E-state index in [9.17, 15) is 4.79 Å². The molecule has 1 aromatic heterocycles. The number of aromatic amines is 1. The summed E-state index contributed by atoms with van der Waals surface area (Å²) in [6.07, 6.45) is 0.607. The van der Waals surface area contributed by atoms with Crippen LogP contribution < -0.4 is 10.5 Å². The third kappa shape index (κ3) is 3.06. The second kappa shape index (κ2) is 5.65. The van der Waals surface area contributed by atoms with E-state index in [1.54, 1.807) is 4.90 Å². The lowest BCUT2D eigenvalue weighted by Gasteiger charge is -2.12. The Hall–Kier alpha value is -1.36. The third-order valence-electron chi connectivity index (χ3n) is 2.33. The smallest absolute Gasteiger partial charge is 0.255 e. The van der Waals surface area contributed by atoms with Gasteiger partial charge >= 0.3 is 0 Å². The lowest BCUT2D eigenvalue weighted by atomic mass is 10.2. The van der Waals surface area contributed by atoms with Gasteiger partial charge in [0.25, 0.3) is 5.56 Å². The van der Waals surface area contributed by atoms with Crippen molar-refractivity contribution in [3.8, 4) is 0 Å². The van der Waals surface area contributed by atoms with Crippen molar-refractivity contribution in [2.24, 2.45) is 0 Å². The highest BCUT2D eigenvalue weighted by molar-refractivity contribution is 5.30. The number of aryl methyl sites for hydroxylation is 1. The molecule has 5 heteroatoms. The molecule has 16 heavy (non-hydrogen) atoms. The summed E-state index contributed by atoms with van der Waals surface area (Å²) in [7, 11) is 3.69. The Morgan fingerprint density at radius 2 is 2.12 bits per heavy atom. The van der Waals surface area contributed by atoms with Gasteiger partial charge in [-0.2, -0.15) is 0 Å². The van der Waals surface area contributed by atoms with E-state index < -0.39 is 0 Å². The zero-order valence-electron chi connectivity index (χ0n) is 10.3. The molecular formula is C11H19N3O2. The van der Waals surface area contributed by atoms with E-state index in [1.807, 2.05) is 27.9 Å². The van der Waals surface area contributed by atoms with Gasteiger partial charge in [0.2, 0.25) is 5.95 Å². The highest BCUT2D eigenvalue weighted by Gasteiger charge is 2.08. The molecular weight excluding hydrogens is 206 g/mol. The highest BCUT2D eigenvalue weighted by Crippen LogP contribution is 2.05. The molecule has 0 bridgehead atoms. The molecule has 0 aliphatic carbocycles. The van der Waals surface area contributed by atoms with Gasteiger partial charge in [-0.15, -0.1) is 0 Å². The van der Waals surface area contributed by atoms with Gasteiger partial charge < -0.3 is 9.64 Å². The molecule has 90 valence electrons. The van der Waals surface area contributed by atoms with E-state index >= 15 is 0 Å². The maximum Gasteiger partial charge on any atom is 0.255 e. The molecule has 0 fully saturated rings. The van der Waals surface area contributed by atoms with E-state index in [-0.39, 0.29) is 5.56 Å². The van der Waals surface area contributed by atoms with Crippen molar-refractivity contribution in [1.29, 1.82) is 0 Å². The molecule has 1 rings (SSSR count). The van der Waals surface area contributed by atoms with Crippen molar-refractivity contribution >= 4 is 5.95 Å². The number of aromatic nitrogens is 2. The van der Waals surface area contributed by atoms with Crippen LogP contribution in [0.25, 0.3) is 0 Å². The Kier molecular flexibility index (Phi) is 4.49. The number of anilines is 1. The molecule has 0 saturated heterocycles. The van der Waals surface area contributed by atoms with Crippen molar-refractivity contribution in [2.75, 3.05) is 32.2 Å². The number of ether oxygens (including phenoxy) is 1. The SMILES string of the molecule is CCOCCc1c(C)nc(N(C)C)[nH]c1=O. The number of rotatable bonds is 5. The minimum Gasteiger partial charge on any atom is -0.381 e. The van der Waals surface area contributed by atoms with Gasteiger partial charge in [0.05, 0.1) is 12.3 Å². The molecule has 0 amide bonds. The Labute approximate surface area is 95.5 Å². The summed E-state index contributed by atoms with van der Waals surface area (Å²) >= 11 is 0. The van der Waals surface area contributed by atoms with Gasteiger partial charge in [-0.05, 0) is 13.8 Å². The molecule has 0 aliphatic rings. The summed E-state index contributed by atoms with van der Waals surface area (Å²) in [6.45, 7) is 5.01. The minimum atomic E-state index is -0.0732. The Balaban J connectivity index is 2.90. The molecule has 0 aromatic carbocycles. The predicted molar refractivity (Wildman–Crippen MR) is 64.1 cm³/mol. The van der Waals surface area contributed by atoms with Gasteiger partial charge in [0, 0.05) is 32.7 Å². The van der Waals surface area contributed by atoms with E-state index in [0.717, 1.165) is 5.69 Å². The monoisotopic (exact) mass is 225 g/mol. The van der Waals surface area contributed by atoms with Crippen molar-refractivity contribution in [3.63, 3.8) is 0 Å². The molecule has 0 radical (unpaired) electrons. The van der Waals surface area contributed by atoms with Crippen LogP contribution in [-0.4, -0.2) is 37.3 Å². The Morgan fingerprint density at radius 3 is 2.62 bits per heavy atom. The number of nitrogens with one attached hydrogen (secondary N) is 1. The van der Waals surface area contributed by atoms with Gasteiger partial charge in [-0.25, -0.2) is 4.98 Å². The van der Waals surface area contributed by atoms with Crippen LogP contribution in [0.5, 0.6) is 0 Å². The highest BCUT2D eigenvalue weighted by atomic mass is 16.5. The van der Waals surface area contributed by atoms with Crippen LogP contribution in [0.2, 0.25) is 0 Å². The fourth-order valence-corrected chi connectivity index (χ4v) is 1.42. The second-order valence-electron chi connectivity index (χ2n) is 3.79. The molecule has 1 aromatic rings. The first-order chi connectivity index (χ1) is 7.56. The summed E-state index contributed by atoms with van der Waals surface area (Å²) in [5, 5.41) is 0. The van der Waals surface area contributed by atoms with Gasteiger partial charge in [-0.3, -0.25) is 9.78 Å². The summed E-state index contributed by atoms with van der Waals surface area (Å²) in [5.74, 6) is 0.586. The van der Waals surface area contributed by atoms with Crippen LogP contribution >= 0.6 is 0 Å². The average Bonchev–Trinajstić information content (AvgIpc) is 2.21. The maximum atomic E-state index is 11.8. The molecule has 0 atom stereocenters. The lowest BCUT2D eigenvalue weighted by Crippen LogP contribution is -2.23. The molecule has 1 heterocycles. The van der Waals surface area contributed by atoms with Crippen LogP contribution in [0, 0.1) is 6.92 Å². The number of H-pyrrole nitrogens is 1. The summed E-state index contributed by atoms with van der Waals surface area (Å²) < 4.78 is 5.23. The van der Waals surface area contributed by atoms with E-state index in [1.165, 1.54) is 0 Å². The maximum absolute atomic E-state index is 11.8. The first-order valence-corrected chi connectivity index (χ1v) is 5.41. The average molecular weight is 225 g/mol. The zero-order chi connectivity index (χ0) is 12.1. The fraction of sp³-hybridized carbons (Fsp3) is 0.636. The normalized spacial score (nSPS) is 10.5. The topological polar surface area (TPSA) is 58.2 Å². The largest absolute Gasteiger partial charge is 0.381 e. The van der Waals surface area contributed by atoms with Crippen molar-refractivity contribution in [2.45, 2.75) is 20.3 Å². The van der Waals surface area contributed by atoms with E-state index in [2.05, 4.69) is 9.97 Å². The van der Waals surface area contributed by atoms with Crippen LogP contribution in [-0.2, 0) is 11.2 Å². The van der Waals surface area contributed by atoms with Gasteiger partial charge in [0.15, 0.2) is 0 Å². The summed E-state index contributed by atoms with van der Waals surface area (Å²) in [5.41, 5.74) is 1.40. The molecule has 5 nitrogen and oxygen atoms in total. The predicted octanol–water partition coefficient (Wildman–Crippen LogP) is 0.723. The van der Waals surface area contributed by atoms with Gasteiger partial charge in [0.1, 0.15) is 0 Å². The fourth-order valence-electron chi connectivity index (χ4n) is 1.42. The summed E-state index contributed by atoms with van der Waals surface area (Å²) in [6, 6.07) is 0. The number of nitrogens with zero attached hydrogens (tertiary/aromatic N) is 2. The summed E-state index contributed by atoms with van der Waals surface area (Å²) in [4.78, 5) is 20.6. The second-order valence-corrected chi connectivity index (χ2v) is 3.79. The first kappa shape index (κ1) is 12.7. The first-order valence-electron chi connectivity index (χ1n) is 5.41. The van der Waals surface area contributed by atoms with Gasteiger partial charge in [-0.1, -0.05) is 0 Å². The molecule has 0 saturated carbocycles. The third-order valence-corrected chi connectivity index (χ3v) is 2.33. The van der Waals surface area contributed by atoms with Crippen LogP contribution in [0.15, 0.2) is 4.79 Å². The van der Waals surface area contributed by atoms with Crippen LogP contribution in [0.4, 0.5) is 5.95 Å². The van der Waals surface area contributed by atoms with Crippen molar-refractivity contribution in [3.05, 3.63) is 21.6 Å². The minimum absolute atomic E-state index is 0.0732. The molecule has 1 N–H and O–H groups in total. The Bertz CT molecular complexity index is 399. The lowest BCUT2D eigenvalue weighted by molar-refractivity contribution is 0.150. The van der Waals surface area contributed by atoms with Crippen molar-refractivity contribution in [1.82, 2.24) is 9.97 Å². The van der Waals surface area contributed by atoms with E-state index in [0.29, 0.717) is 31.1 Å². The van der Waals surface area contributed by atoms with Crippen LogP contribution in [0.3, 0.4) is 0 Å². The molecule has 0 aliphatic heterocycles. The van der Waals surface area contributed by atoms with Crippen LogP contribution in [0.1, 0.15) is 18.2 Å². The molecule has 0 spiro atoms. The Morgan fingerprint density at radius 1 is 1.44 bits per heavy atom. The number of hydrogen-bond acceptors (Lipinski definition) is 4. The number of hydrogen-bond donors (Lipinski definition) is 1. The van der Waals surface area contributed by atoms with Crippen molar-refractivity contribution < 1.29 is 4.74 Å². The quantitative estimate of drug-likeness (QED) is 0.750. The zero-order valence-corrected chi connectivity index (χ0v) is 10.3. The van der Waals surface area contributed by atoms with E-state index in [4.69, 9.17) is 4.74 Å².